The van der Waals surface area contributed by atoms with Gasteiger partial charge in [0.1, 0.15) is 17.4 Å². The van der Waals surface area contributed by atoms with Gasteiger partial charge in [0.25, 0.3) is 5.91 Å². The molecule has 0 spiro atoms. The highest BCUT2D eigenvalue weighted by molar-refractivity contribution is 6.06. The van der Waals surface area contributed by atoms with Crippen molar-refractivity contribution in [1.29, 1.82) is 0 Å². The standard InChI is InChI=1S/C29H23N7O3/c1-36-26(15-23(35-36)19-5-3-11-30-16-19)34-28(38)18-7-9-22-24(14-18)33-27(32-22)21-13-17(8-10-25(21)37)20-6-4-12-31-29(20)39-2/h3-16,37H,1-2H3,(H,32,33)(H,34,38). The van der Waals surface area contributed by atoms with Gasteiger partial charge >= 0.3 is 0 Å². The van der Waals surface area contributed by atoms with E-state index in [1.165, 1.54) is 0 Å². The van der Waals surface area contributed by atoms with E-state index in [4.69, 9.17) is 4.74 Å². The van der Waals surface area contributed by atoms with Gasteiger partial charge in [-0.25, -0.2) is 9.97 Å². The SMILES string of the molecule is COc1ncccc1-c1ccc(O)c(-c2nc3ccc(C(=O)Nc4cc(-c5cccnc5)nn4C)cc3[nH]2)c1. The molecule has 0 aliphatic carbocycles. The van der Waals surface area contributed by atoms with Crippen LogP contribution in [0.1, 0.15) is 10.4 Å². The molecule has 0 aliphatic heterocycles. The molecule has 10 heteroatoms. The van der Waals surface area contributed by atoms with E-state index in [2.05, 4.69) is 30.4 Å². The number of aromatic amines is 1. The molecule has 6 aromatic rings. The molecule has 10 nitrogen and oxygen atoms in total. The minimum atomic E-state index is -0.290. The van der Waals surface area contributed by atoms with E-state index < -0.39 is 0 Å². The largest absolute Gasteiger partial charge is 0.507 e. The lowest BCUT2D eigenvalue weighted by atomic mass is 10.0. The number of phenolic OH excluding ortho intramolecular Hbond substituents is 1. The molecule has 1 amide bonds. The number of aryl methyl sites for hydroxylation is 1. The Hall–Kier alpha value is -5.51. The van der Waals surface area contributed by atoms with Gasteiger partial charge < -0.3 is 20.1 Å². The summed E-state index contributed by atoms with van der Waals surface area (Å²) in [6.07, 6.45) is 5.07. The van der Waals surface area contributed by atoms with Crippen molar-refractivity contribution in [3.05, 3.63) is 90.9 Å². The number of ether oxygens (including phenoxy) is 1. The summed E-state index contributed by atoms with van der Waals surface area (Å²) in [6, 6.07) is 19.7. The van der Waals surface area contributed by atoms with Gasteiger partial charge in [0.2, 0.25) is 5.88 Å². The van der Waals surface area contributed by atoms with E-state index in [-0.39, 0.29) is 11.7 Å². The van der Waals surface area contributed by atoms with Gasteiger partial charge in [0, 0.05) is 48.4 Å². The second-order valence-corrected chi connectivity index (χ2v) is 8.84. The molecule has 4 aromatic heterocycles. The number of nitrogens with zero attached hydrogens (tertiary/aromatic N) is 5. The smallest absolute Gasteiger partial charge is 0.256 e. The van der Waals surface area contributed by atoms with Gasteiger partial charge in [-0.1, -0.05) is 6.07 Å². The summed E-state index contributed by atoms with van der Waals surface area (Å²) < 4.78 is 7.00. The third kappa shape index (κ3) is 4.55. The molecule has 0 aliphatic rings. The lowest BCUT2D eigenvalue weighted by Gasteiger charge is -2.09. The molecule has 6 rings (SSSR count). The molecule has 192 valence electrons. The van der Waals surface area contributed by atoms with Crippen LogP contribution in [0.4, 0.5) is 5.82 Å². The second kappa shape index (κ2) is 9.75. The van der Waals surface area contributed by atoms with Gasteiger partial charge in [-0.15, -0.1) is 0 Å². The number of hydrogen-bond donors (Lipinski definition) is 3. The summed E-state index contributed by atoms with van der Waals surface area (Å²) in [5.74, 6) is 1.28. The number of anilines is 1. The number of methoxy groups -OCH3 is 1. The van der Waals surface area contributed by atoms with E-state index in [0.29, 0.717) is 45.4 Å². The summed E-state index contributed by atoms with van der Waals surface area (Å²) in [4.78, 5) is 29.3. The molecule has 3 N–H and O–H groups in total. The van der Waals surface area contributed by atoms with Crippen molar-refractivity contribution in [2.45, 2.75) is 0 Å². The van der Waals surface area contributed by atoms with Gasteiger partial charge in [-0.05, 0) is 60.2 Å². The van der Waals surface area contributed by atoms with E-state index in [1.54, 1.807) is 73.8 Å². The summed E-state index contributed by atoms with van der Waals surface area (Å²) in [5, 5.41) is 18.0. The van der Waals surface area contributed by atoms with Gasteiger partial charge in [0.15, 0.2) is 0 Å². The van der Waals surface area contributed by atoms with Crippen molar-refractivity contribution < 1.29 is 14.6 Å². The number of aromatic nitrogens is 6. The number of H-pyrrole nitrogens is 1. The summed E-state index contributed by atoms with van der Waals surface area (Å²) in [5.41, 5.74) is 5.44. The van der Waals surface area contributed by atoms with Gasteiger partial charge in [-0.2, -0.15) is 5.10 Å². The maximum atomic E-state index is 13.1. The molecule has 0 fully saturated rings. The predicted octanol–water partition coefficient (Wildman–Crippen LogP) is 5.05. The van der Waals surface area contributed by atoms with Crippen LogP contribution in [0.15, 0.2) is 85.3 Å². The Morgan fingerprint density at radius 1 is 1.00 bits per heavy atom. The van der Waals surface area contributed by atoms with Crippen LogP contribution in [0.3, 0.4) is 0 Å². The first-order valence-electron chi connectivity index (χ1n) is 12.1. The van der Waals surface area contributed by atoms with Crippen LogP contribution < -0.4 is 10.1 Å². The second-order valence-electron chi connectivity index (χ2n) is 8.84. The first-order chi connectivity index (χ1) is 19.0. The maximum Gasteiger partial charge on any atom is 0.256 e. The molecule has 4 heterocycles. The first kappa shape index (κ1) is 23.9. The quantitative estimate of drug-likeness (QED) is 0.282. The molecule has 0 radical (unpaired) electrons. The number of imidazole rings is 1. The van der Waals surface area contributed by atoms with E-state index in [9.17, 15) is 9.90 Å². The summed E-state index contributed by atoms with van der Waals surface area (Å²) in [6.45, 7) is 0. The monoisotopic (exact) mass is 517 g/mol. The number of carbonyl (C=O) groups excluding carboxylic acids is 1. The van der Waals surface area contributed by atoms with E-state index >= 15 is 0 Å². The number of carbonyl (C=O) groups is 1. The topological polar surface area (TPSA) is 131 Å². The highest BCUT2D eigenvalue weighted by Gasteiger charge is 2.16. The number of phenols is 1. The number of pyridine rings is 2. The average molecular weight is 518 g/mol. The Labute approximate surface area is 223 Å². The van der Waals surface area contributed by atoms with Crippen LogP contribution in [0.2, 0.25) is 0 Å². The fraction of sp³-hybridized carbons (Fsp3) is 0.0690. The van der Waals surface area contributed by atoms with E-state index in [1.807, 2.05) is 30.3 Å². The highest BCUT2D eigenvalue weighted by atomic mass is 16.5. The van der Waals surface area contributed by atoms with Crippen molar-refractivity contribution in [3.63, 3.8) is 0 Å². The minimum absolute atomic E-state index is 0.0688. The van der Waals surface area contributed by atoms with Crippen molar-refractivity contribution in [3.8, 4) is 45.4 Å². The van der Waals surface area contributed by atoms with Gasteiger partial charge in [-0.3, -0.25) is 14.5 Å². The number of amides is 1. The summed E-state index contributed by atoms with van der Waals surface area (Å²) in [7, 11) is 3.33. The zero-order valence-electron chi connectivity index (χ0n) is 21.1. The van der Waals surface area contributed by atoms with E-state index in [0.717, 1.165) is 16.7 Å². The molecule has 0 atom stereocenters. The fourth-order valence-corrected chi connectivity index (χ4v) is 4.37. The Morgan fingerprint density at radius 3 is 2.69 bits per heavy atom. The van der Waals surface area contributed by atoms with Crippen LogP contribution in [0, 0.1) is 0 Å². The number of hydrogen-bond acceptors (Lipinski definition) is 7. The lowest BCUT2D eigenvalue weighted by Crippen LogP contribution is -2.14. The van der Waals surface area contributed by atoms with Crippen LogP contribution in [0.5, 0.6) is 11.6 Å². The van der Waals surface area contributed by atoms with Crippen LogP contribution in [-0.4, -0.2) is 47.8 Å². The Bertz CT molecular complexity index is 1830. The number of nitrogens with one attached hydrogen (secondary N) is 2. The van der Waals surface area contributed by atoms with Crippen molar-refractivity contribution in [1.82, 2.24) is 29.7 Å². The molecule has 0 saturated carbocycles. The molecule has 2 aromatic carbocycles. The van der Waals surface area contributed by atoms with Gasteiger partial charge in [0.05, 0.1) is 29.4 Å². The third-order valence-electron chi connectivity index (χ3n) is 6.35. The van der Waals surface area contributed by atoms with Crippen molar-refractivity contribution in [2.24, 2.45) is 7.05 Å². The first-order valence-corrected chi connectivity index (χ1v) is 12.1. The zero-order chi connectivity index (χ0) is 26.9. The van der Waals surface area contributed by atoms with Crippen molar-refractivity contribution >= 4 is 22.8 Å². The maximum absolute atomic E-state index is 13.1. The molecular formula is C29H23N7O3. The normalized spacial score (nSPS) is 11.0. The van der Waals surface area contributed by atoms with Crippen molar-refractivity contribution in [2.75, 3.05) is 12.4 Å². The number of fused-ring (bicyclic) bond motifs is 1. The Morgan fingerprint density at radius 2 is 1.87 bits per heavy atom. The molecule has 0 bridgehead atoms. The van der Waals surface area contributed by atoms with Crippen LogP contribution in [0.25, 0.3) is 44.8 Å². The molecule has 39 heavy (non-hydrogen) atoms. The molecule has 0 unspecified atom stereocenters. The average Bonchev–Trinajstić information content (AvgIpc) is 3.56. The molecular weight excluding hydrogens is 494 g/mol. The fourth-order valence-electron chi connectivity index (χ4n) is 4.37. The number of benzene rings is 2. The third-order valence-corrected chi connectivity index (χ3v) is 6.35. The molecule has 0 saturated heterocycles. The predicted molar refractivity (Wildman–Crippen MR) is 147 cm³/mol. The summed E-state index contributed by atoms with van der Waals surface area (Å²) >= 11 is 0. The van der Waals surface area contributed by atoms with Crippen LogP contribution >= 0.6 is 0 Å². The highest BCUT2D eigenvalue weighted by Crippen LogP contribution is 2.35. The number of rotatable bonds is 6. The minimum Gasteiger partial charge on any atom is -0.507 e. The lowest BCUT2D eigenvalue weighted by molar-refractivity contribution is 0.102. The Kier molecular flexibility index (Phi) is 5.96. The zero-order valence-corrected chi connectivity index (χ0v) is 21.1. The number of aromatic hydroxyl groups is 1. The van der Waals surface area contributed by atoms with Crippen LogP contribution in [-0.2, 0) is 7.05 Å². The Balaban J connectivity index is 1.29.